The lowest BCUT2D eigenvalue weighted by molar-refractivity contribution is -0.127. The summed E-state index contributed by atoms with van der Waals surface area (Å²) in [6.07, 6.45) is 4.86. The lowest BCUT2D eigenvalue weighted by Gasteiger charge is -2.19. The Bertz CT molecular complexity index is 766. The summed E-state index contributed by atoms with van der Waals surface area (Å²) in [6.45, 7) is 8.21. The Morgan fingerprint density at radius 3 is 2.62 bits per heavy atom. The first-order chi connectivity index (χ1) is 12.6. The highest BCUT2D eigenvalue weighted by molar-refractivity contribution is 7.99. The molecule has 1 aromatic heterocycles. The molecule has 0 saturated heterocycles. The molecule has 0 saturated carbocycles. The average Bonchev–Trinajstić information content (AvgIpc) is 3.03. The van der Waals surface area contributed by atoms with Crippen molar-refractivity contribution in [2.24, 2.45) is 0 Å². The van der Waals surface area contributed by atoms with Crippen molar-refractivity contribution >= 4 is 17.7 Å². The Hall–Kier alpha value is -2.38. The maximum absolute atomic E-state index is 14.0. The Balaban J connectivity index is 2.13. The molecular weight excluding hydrogens is 353 g/mol. The molecule has 0 fully saturated rings. The molecule has 5 nitrogen and oxygen atoms in total. The molecule has 0 aliphatic rings. The molecule has 0 radical (unpaired) electrons. The maximum atomic E-state index is 14.0. The van der Waals surface area contributed by atoms with Gasteiger partial charge in [-0.3, -0.25) is 4.79 Å². The van der Waals surface area contributed by atoms with E-state index in [1.54, 1.807) is 46.0 Å². The third-order valence-electron chi connectivity index (χ3n) is 3.73. The highest BCUT2D eigenvalue weighted by atomic mass is 32.2. The summed E-state index contributed by atoms with van der Waals surface area (Å²) in [6, 6.07) is 6.46. The molecule has 138 valence electrons. The van der Waals surface area contributed by atoms with E-state index in [1.165, 1.54) is 17.8 Å². The van der Waals surface area contributed by atoms with Gasteiger partial charge in [0.25, 0.3) is 0 Å². The monoisotopic (exact) mass is 375 g/mol. The smallest absolute Gasteiger partial charge is 0.233 e. The molecule has 1 heterocycles. The predicted octanol–water partition coefficient (Wildman–Crippen LogP) is 2.86. The summed E-state index contributed by atoms with van der Waals surface area (Å²) in [4.78, 5) is 18.3. The van der Waals surface area contributed by atoms with Crippen LogP contribution in [0.25, 0.3) is 0 Å². The number of aliphatic hydroxyl groups is 1. The maximum Gasteiger partial charge on any atom is 0.233 e. The van der Waals surface area contributed by atoms with Crippen molar-refractivity contribution in [2.75, 3.05) is 18.8 Å². The van der Waals surface area contributed by atoms with E-state index in [1.807, 2.05) is 0 Å². The summed E-state index contributed by atoms with van der Waals surface area (Å²) in [7, 11) is 0. The molecule has 2 aromatic rings. The standard InChI is InChI=1S/C19H22FN3O2S/c1-3-9-22(10-4-2)18(25)14-26-19-21-11-16(13-24)23(19)12-15-7-5-6-8-17(15)20/h3-8,11,24H,1-2,9-10,12-14H2. The third kappa shape index (κ3) is 5.06. The fourth-order valence-corrected chi connectivity index (χ4v) is 3.31. The van der Waals surface area contributed by atoms with Gasteiger partial charge in [0.1, 0.15) is 5.82 Å². The minimum absolute atomic E-state index is 0.0687. The minimum Gasteiger partial charge on any atom is -0.390 e. The highest BCUT2D eigenvalue weighted by Gasteiger charge is 2.16. The van der Waals surface area contributed by atoms with Crippen LogP contribution in [0.15, 0.2) is 60.9 Å². The van der Waals surface area contributed by atoms with Crippen molar-refractivity contribution in [2.45, 2.75) is 18.3 Å². The molecule has 7 heteroatoms. The van der Waals surface area contributed by atoms with Gasteiger partial charge in [0.05, 0.1) is 30.8 Å². The fourth-order valence-electron chi connectivity index (χ4n) is 2.41. The lowest BCUT2D eigenvalue weighted by atomic mass is 10.2. The molecule has 0 spiro atoms. The number of hydrogen-bond donors (Lipinski definition) is 1. The number of amides is 1. The van der Waals surface area contributed by atoms with Crippen LogP contribution in [0.3, 0.4) is 0 Å². The molecule has 1 N–H and O–H groups in total. The first-order valence-electron chi connectivity index (χ1n) is 8.11. The predicted molar refractivity (Wildman–Crippen MR) is 101 cm³/mol. The van der Waals surface area contributed by atoms with Crippen molar-refractivity contribution in [3.63, 3.8) is 0 Å². The minimum atomic E-state index is -0.319. The van der Waals surface area contributed by atoms with Crippen LogP contribution in [0.4, 0.5) is 4.39 Å². The fraction of sp³-hybridized carbons (Fsp3) is 0.263. The van der Waals surface area contributed by atoms with E-state index in [9.17, 15) is 14.3 Å². The van der Waals surface area contributed by atoms with E-state index in [2.05, 4.69) is 18.1 Å². The number of rotatable bonds is 10. The van der Waals surface area contributed by atoms with Crippen LogP contribution in [0.1, 0.15) is 11.3 Å². The van der Waals surface area contributed by atoms with Crippen LogP contribution >= 0.6 is 11.8 Å². The van der Waals surface area contributed by atoms with Crippen LogP contribution in [-0.2, 0) is 17.9 Å². The van der Waals surface area contributed by atoms with Crippen LogP contribution in [0.5, 0.6) is 0 Å². The van der Waals surface area contributed by atoms with Gasteiger partial charge >= 0.3 is 0 Å². The highest BCUT2D eigenvalue weighted by Crippen LogP contribution is 2.22. The summed E-state index contributed by atoms with van der Waals surface area (Å²) in [5.74, 6) is -0.207. The number of carbonyl (C=O) groups excluding carboxylic acids is 1. The topological polar surface area (TPSA) is 58.4 Å². The van der Waals surface area contributed by atoms with E-state index in [4.69, 9.17) is 0 Å². The molecule has 0 aliphatic carbocycles. The zero-order valence-corrected chi connectivity index (χ0v) is 15.3. The second-order valence-corrected chi connectivity index (χ2v) is 6.48. The first-order valence-corrected chi connectivity index (χ1v) is 9.10. The van der Waals surface area contributed by atoms with E-state index in [-0.39, 0.29) is 30.6 Å². The van der Waals surface area contributed by atoms with Gasteiger partial charge in [-0.05, 0) is 6.07 Å². The van der Waals surface area contributed by atoms with E-state index < -0.39 is 0 Å². The Morgan fingerprint density at radius 2 is 2.00 bits per heavy atom. The van der Waals surface area contributed by atoms with Crippen molar-refractivity contribution in [3.05, 3.63) is 72.8 Å². The number of thioether (sulfide) groups is 1. The van der Waals surface area contributed by atoms with Crippen molar-refractivity contribution in [3.8, 4) is 0 Å². The van der Waals surface area contributed by atoms with Gasteiger partial charge in [0.15, 0.2) is 5.16 Å². The molecule has 2 rings (SSSR count). The molecule has 0 aliphatic heterocycles. The van der Waals surface area contributed by atoms with Crippen LogP contribution in [-0.4, -0.2) is 44.3 Å². The molecule has 1 amide bonds. The molecule has 1 aromatic carbocycles. The van der Waals surface area contributed by atoms with Gasteiger partial charge in [-0.2, -0.15) is 0 Å². The van der Waals surface area contributed by atoms with Gasteiger partial charge in [-0.25, -0.2) is 9.37 Å². The number of imidazole rings is 1. The van der Waals surface area contributed by atoms with Gasteiger partial charge in [0, 0.05) is 18.7 Å². The molecule has 0 bridgehead atoms. The van der Waals surface area contributed by atoms with Gasteiger partial charge < -0.3 is 14.6 Å². The van der Waals surface area contributed by atoms with E-state index in [0.717, 1.165) is 0 Å². The Kier molecular flexibility index (Phi) is 7.62. The normalized spacial score (nSPS) is 10.5. The van der Waals surface area contributed by atoms with Gasteiger partial charge in [-0.1, -0.05) is 42.1 Å². The Morgan fingerprint density at radius 1 is 1.31 bits per heavy atom. The summed E-state index contributed by atoms with van der Waals surface area (Å²) >= 11 is 1.25. The van der Waals surface area contributed by atoms with Gasteiger partial charge in [-0.15, -0.1) is 13.2 Å². The SMILES string of the molecule is C=CCN(CC=C)C(=O)CSc1ncc(CO)n1Cc1ccccc1F. The molecule has 0 unspecified atom stereocenters. The number of carbonyl (C=O) groups is 1. The van der Waals surface area contributed by atoms with Crippen LogP contribution in [0.2, 0.25) is 0 Å². The number of halogens is 1. The number of hydrogen-bond acceptors (Lipinski definition) is 4. The average molecular weight is 375 g/mol. The van der Waals surface area contributed by atoms with Crippen molar-refractivity contribution in [1.82, 2.24) is 14.5 Å². The van der Waals surface area contributed by atoms with Crippen molar-refractivity contribution < 1.29 is 14.3 Å². The Labute approximate surface area is 156 Å². The molecule has 26 heavy (non-hydrogen) atoms. The molecular formula is C19H22FN3O2S. The van der Waals surface area contributed by atoms with E-state index in [0.29, 0.717) is 29.5 Å². The van der Waals surface area contributed by atoms with Crippen LogP contribution in [0, 0.1) is 5.82 Å². The summed E-state index contributed by atoms with van der Waals surface area (Å²) < 4.78 is 15.7. The van der Waals surface area contributed by atoms with Crippen LogP contribution < -0.4 is 0 Å². The van der Waals surface area contributed by atoms with Gasteiger partial charge in [0.2, 0.25) is 5.91 Å². The first kappa shape index (κ1) is 19.9. The third-order valence-corrected chi connectivity index (χ3v) is 4.70. The number of benzene rings is 1. The summed E-state index contributed by atoms with van der Waals surface area (Å²) in [5, 5.41) is 10.1. The zero-order chi connectivity index (χ0) is 18.9. The number of aliphatic hydroxyl groups excluding tert-OH is 1. The number of aromatic nitrogens is 2. The quantitative estimate of drug-likeness (QED) is 0.512. The summed E-state index contributed by atoms with van der Waals surface area (Å²) in [5.41, 5.74) is 1.06. The second-order valence-electron chi connectivity index (χ2n) is 5.53. The molecule has 0 atom stereocenters. The second kappa shape index (κ2) is 9.94. The zero-order valence-electron chi connectivity index (χ0n) is 14.5. The largest absolute Gasteiger partial charge is 0.390 e. The lowest BCUT2D eigenvalue weighted by Crippen LogP contribution is -2.32. The van der Waals surface area contributed by atoms with E-state index >= 15 is 0 Å². The number of nitrogens with zero attached hydrogens (tertiary/aromatic N) is 3. The van der Waals surface area contributed by atoms with Crippen molar-refractivity contribution in [1.29, 1.82) is 0 Å².